The van der Waals surface area contributed by atoms with E-state index in [1.54, 1.807) is 0 Å². The fourth-order valence-corrected chi connectivity index (χ4v) is 5.40. The van der Waals surface area contributed by atoms with E-state index in [9.17, 15) is 0 Å². The molecule has 2 aliphatic carbocycles. The second-order valence-electron chi connectivity index (χ2n) is 10.6. The molecule has 28 heavy (non-hydrogen) atoms. The fraction of sp³-hybridized carbons (Fsp3) is 0.800. The summed E-state index contributed by atoms with van der Waals surface area (Å²) in [7, 11) is 0. The minimum atomic E-state index is 0.181. The number of hydrogen-bond donors (Lipinski definition) is 0. The third kappa shape index (κ3) is 5.72. The van der Waals surface area contributed by atoms with Gasteiger partial charge in [0.05, 0.1) is 11.4 Å². The Morgan fingerprint density at radius 3 is 2.50 bits per heavy atom. The lowest BCUT2D eigenvalue weighted by molar-refractivity contribution is 0.0673. The van der Waals surface area contributed by atoms with Crippen molar-refractivity contribution < 1.29 is 0 Å². The summed E-state index contributed by atoms with van der Waals surface area (Å²) in [5, 5.41) is 0.181. The van der Waals surface area contributed by atoms with Gasteiger partial charge in [-0.2, -0.15) is 0 Å². The zero-order valence-corrected chi connectivity index (χ0v) is 19.5. The minimum absolute atomic E-state index is 0.181. The summed E-state index contributed by atoms with van der Waals surface area (Å²) in [6.45, 7) is 15.4. The molecule has 0 aromatic carbocycles. The molecule has 1 saturated carbocycles. The van der Waals surface area contributed by atoms with Gasteiger partial charge in [-0.05, 0) is 73.8 Å². The third-order valence-electron chi connectivity index (χ3n) is 7.20. The van der Waals surface area contributed by atoms with E-state index in [4.69, 9.17) is 16.6 Å². The first-order valence-electron chi connectivity index (χ1n) is 11.5. The molecule has 3 atom stereocenters. The van der Waals surface area contributed by atoms with Gasteiger partial charge in [0.15, 0.2) is 0 Å². The molecule has 1 unspecified atom stereocenters. The van der Waals surface area contributed by atoms with Crippen LogP contribution in [0.3, 0.4) is 0 Å². The van der Waals surface area contributed by atoms with Gasteiger partial charge in [0.2, 0.25) is 0 Å². The lowest BCUT2D eigenvalue weighted by Crippen LogP contribution is -2.49. The van der Waals surface area contributed by atoms with E-state index >= 15 is 0 Å². The predicted molar refractivity (Wildman–Crippen MR) is 124 cm³/mol. The Morgan fingerprint density at radius 2 is 1.93 bits per heavy atom. The fourth-order valence-electron chi connectivity index (χ4n) is 5.24. The number of rotatable bonds is 5. The summed E-state index contributed by atoms with van der Waals surface area (Å²) in [5.41, 5.74) is 3.29. The van der Waals surface area contributed by atoms with E-state index in [0.29, 0.717) is 23.3 Å². The van der Waals surface area contributed by atoms with Crippen molar-refractivity contribution in [1.82, 2.24) is 4.90 Å². The molecule has 0 N–H and O–H groups in total. The van der Waals surface area contributed by atoms with Crippen LogP contribution in [0.15, 0.2) is 28.8 Å². The Balaban J connectivity index is 1.61. The highest BCUT2D eigenvalue weighted by molar-refractivity contribution is 6.22. The van der Waals surface area contributed by atoms with Crippen molar-refractivity contribution in [2.24, 2.45) is 28.2 Å². The first-order chi connectivity index (χ1) is 13.2. The molecule has 0 radical (unpaired) electrons. The Labute approximate surface area is 178 Å². The number of piperidine rings is 1. The van der Waals surface area contributed by atoms with Gasteiger partial charge < -0.3 is 4.90 Å². The van der Waals surface area contributed by atoms with Crippen LogP contribution in [0.1, 0.15) is 73.1 Å². The maximum atomic E-state index is 6.24. The Kier molecular flexibility index (Phi) is 7.48. The number of aliphatic imine (C=N–C) groups is 1. The molecule has 1 aliphatic heterocycles. The Hall–Kier alpha value is -0.600. The zero-order chi connectivity index (χ0) is 20.3. The van der Waals surface area contributed by atoms with Crippen LogP contribution in [0, 0.1) is 23.2 Å². The summed E-state index contributed by atoms with van der Waals surface area (Å²) >= 11 is 6.24. The van der Waals surface area contributed by atoms with Crippen molar-refractivity contribution in [3.63, 3.8) is 0 Å². The molecule has 0 aromatic rings. The van der Waals surface area contributed by atoms with Gasteiger partial charge in [-0.15, -0.1) is 11.6 Å². The smallest absolute Gasteiger partial charge is 0.0648 e. The molecule has 1 heterocycles. The zero-order valence-electron chi connectivity index (χ0n) is 18.8. The quantitative estimate of drug-likeness (QED) is 0.477. The van der Waals surface area contributed by atoms with Crippen molar-refractivity contribution in [2.75, 3.05) is 19.6 Å². The van der Waals surface area contributed by atoms with Gasteiger partial charge in [0.25, 0.3) is 0 Å². The Bertz CT molecular complexity index is 606. The van der Waals surface area contributed by atoms with Crippen molar-refractivity contribution in [2.45, 2.75) is 84.6 Å². The largest absolute Gasteiger partial charge is 0.301 e. The number of likely N-dealkylation sites (tertiary alicyclic amines) is 1. The maximum absolute atomic E-state index is 6.24. The van der Waals surface area contributed by atoms with Crippen LogP contribution in [0.4, 0.5) is 0 Å². The topological polar surface area (TPSA) is 15.6 Å². The molecule has 158 valence electrons. The molecular formula is C25H41ClN2. The van der Waals surface area contributed by atoms with Crippen LogP contribution in [0.2, 0.25) is 0 Å². The van der Waals surface area contributed by atoms with Crippen molar-refractivity contribution in [3.8, 4) is 0 Å². The van der Waals surface area contributed by atoms with Crippen LogP contribution in [0.25, 0.3) is 0 Å². The van der Waals surface area contributed by atoms with E-state index < -0.39 is 0 Å². The number of halogens is 1. The number of hydrogen-bond acceptors (Lipinski definition) is 2. The molecule has 3 aliphatic rings. The van der Waals surface area contributed by atoms with Crippen LogP contribution in [-0.2, 0) is 0 Å². The van der Waals surface area contributed by atoms with E-state index in [-0.39, 0.29) is 5.38 Å². The van der Waals surface area contributed by atoms with Crippen molar-refractivity contribution in [1.29, 1.82) is 0 Å². The monoisotopic (exact) mass is 404 g/mol. The first-order valence-corrected chi connectivity index (χ1v) is 12.0. The minimum Gasteiger partial charge on any atom is -0.301 e. The van der Waals surface area contributed by atoms with E-state index in [2.05, 4.69) is 57.7 Å². The van der Waals surface area contributed by atoms with Gasteiger partial charge in [-0.25, -0.2) is 0 Å². The number of nitrogens with zero attached hydrogens (tertiary/aromatic N) is 2. The van der Waals surface area contributed by atoms with Crippen LogP contribution in [0.5, 0.6) is 0 Å². The molecule has 0 amide bonds. The maximum Gasteiger partial charge on any atom is 0.0648 e. The molecule has 1 saturated heterocycles. The summed E-state index contributed by atoms with van der Waals surface area (Å²) in [5.74, 6) is 2.14. The SMILES string of the molecule is CC1CCC(=N[C@@H](CN2CC[C@H](C3=CCC(Cl)C=C3)C(C)(C)C2)C(C)C)CC1. The summed E-state index contributed by atoms with van der Waals surface area (Å²) in [6, 6.07) is 0.446. The van der Waals surface area contributed by atoms with E-state index in [1.807, 2.05) is 0 Å². The molecule has 0 aromatic heterocycles. The standard InChI is InChI=1S/C25H41ClN2/c1-18(2)24(27-22-12-6-19(3)7-13-22)16-28-15-14-23(25(4,5)17-28)20-8-10-21(26)11-9-20/h8-10,18-19,21,23-24H,6-7,11-17H2,1-5H3/t19?,21?,23-,24+/m1/s1. The van der Waals surface area contributed by atoms with Crippen LogP contribution in [-0.4, -0.2) is 41.7 Å². The van der Waals surface area contributed by atoms with Gasteiger partial charge in [0, 0.05) is 18.8 Å². The van der Waals surface area contributed by atoms with Crippen molar-refractivity contribution >= 4 is 17.3 Å². The van der Waals surface area contributed by atoms with Crippen LogP contribution >= 0.6 is 11.6 Å². The van der Waals surface area contributed by atoms with E-state index in [0.717, 1.165) is 25.4 Å². The first kappa shape index (κ1) is 22.1. The highest BCUT2D eigenvalue weighted by Gasteiger charge is 2.38. The number of alkyl halides is 1. The lowest BCUT2D eigenvalue weighted by atomic mass is 9.69. The molecule has 3 heteroatoms. The second-order valence-corrected chi connectivity index (χ2v) is 11.1. The lowest BCUT2D eigenvalue weighted by Gasteiger charge is -2.46. The average molecular weight is 405 g/mol. The third-order valence-corrected chi connectivity index (χ3v) is 7.53. The predicted octanol–water partition coefficient (Wildman–Crippen LogP) is 6.50. The molecule has 3 rings (SSSR count). The highest BCUT2D eigenvalue weighted by Crippen LogP contribution is 2.41. The van der Waals surface area contributed by atoms with Crippen molar-refractivity contribution in [3.05, 3.63) is 23.8 Å². The van der Waals surface area contributed by atoms with Gasteiger partial charge >= 0.3 is 0 Å². The normalized spacial score (nSPS) is 32.3. The average Bonchev–Trinajstić information content (AvgIpc) is 2.63. The molecule has 2 nitrogen and oxygen atoms in total. The van der Waals surface area contributed by atoms with Gasteiger partial charge in [0.1, 0.15) is 0 Å². The van der Waals surface area contributed by atoms with E-state index in [1.165, 1.54) is 49.9 Å². The molecular weight excluding hydrogens is 364 g/mol. The van der Waals surface area contributed by atoms with Gasteiger partial charge in [-0.1, -0.05) is 52.8 Å². The second kappa shape index (κ2) is 9.47. The Morgan fingerprint density at radius 1 is 1.21 bits per heavy atom. The summed E-state index contributed by atoms with van der Waals surface area (Å²) < 4.78 is 0. The molecule has 0 spiro atoms. The van der Waals surface area contributed by atoms with Gasteiger partial charge in [-0.3, -0.25) is 4.99 Å². The molecule has 2 fully saturated rings. The van der Waals surface area contributed by atoms with Crippen LogP contribution < -0.4 is 0 Å². The summed E-state index contributed by atoms with van der Waals surface area (Å²) in [4.78, 5) is 7.95. The number of allylic oxidation sites excluding steroid dienone is 4. The molecule has 0 bridgehead atoms. The summed E-state index contributed by atoms with van der Waals surface area (Å²) in [6.07, 6.45) is 14.2. The highest BCUT2D eigenvalue weighted by atomic mass is 35.5.